The number of alkyl halides is 8. The van der Waals surface area contributed by atoms with Gasteiger partial charge in [-0.25, -0.2) is 8.78 Å². The molecule has 0 spiro atoms. The third-order valence-electron chi connectivity index (χ3n) is 31.9. The molecule has 20 heterocycles. The summed E-state index contributed by atoms with van der Waals surface area (Å²) in [4.78, 5) is 64.9. The Morgan fingerprint density at radius 2 is 0.698 bits per heavy atom. The Morgan fingerprint density at radius 3 is 1.04 bits per heavy atom. The second-order valence-electron chi connectivity index (χ2n) is 41.3. The summed E-state index contributed by atoms with van der Waals surface area (Å²) < 4.78 is 155. The van der Waals surface area contributed by atoms with Crippen LogP contribution in [-0.2, 0) is 150 Å². The van der Waals surface area contributed by atoms with E-state index in [4.69, 9.17) is 39.3 Å². The van der Waals surface area contributed by atoms with Gasteiger partial charge in [-0.15, -0.1) is 13.2 Å². The van der Waals surface area contributed by atoms with Crippen LogP contribution in [0.5, 0.6) is 5.75 Å². The minimum absolute atomic E-state index is 0.00448. The lowest BCUT2D eigenvalue weighted by Crippen LogP contribution is -2.36. The first-order valence-electron chi connectivity index (χ1n) is 52.3. The highest BCUT2D eigenvalue weighted by molar-refractivity contribution is 5.85. The Bertz CT molecular complexity index is 7030. The molecule has 0 unspecified atom stereocenters. The third kappa shape index (κ3) is 20.4. The average Bonchev–Trinajstić information content (AvgIpc) is 1.11. The molecular weight excluding hydrogens is 1930 g/mol. The van der Waals surface area contributed by atoms with E-state index in [1.807, 2.05) is 57.6 Å². The summed E-state index contributed by atoms with van der Waals surface area (Å²) in [7, 11) is 7.19. The molecular formula is C108H128F8N24O9. The topological polar surface area (TPSA) is 283 Å². The van der Waals surface area contributed by atoms with Crippen molar-refractivity contribution in [3.63, 3.8) is 0 Å². The predicted octanol–water partition coefficient (Wildman–Crippen LogP) is 17.6. The number of aromatic nitrogens is 16. The van der Waals surface area contributed by atoms with Crippen molar-refractivity contribution in [3.8, 4) is 50.3 Å². The molecule has 0 atom stereocenters. The normalized spacial score (nSPS) is 18.3. The van der Waals surface area contributed by atoms with Crippen LogP contribution in [0.15, 0.2) is 91.9 Å². The molecule has 33 nitrogen and oxygen atoms in total. The highest BCUT2D eigenvalue weighted by Gasteiger charge is 2.44. The number of rotatable bonds is 14. The van der Waals surface area contributed by atoms with Gasteiger partial charge in [0.1, 0.15) is 5.75 Å². The number of hydrogen-bond acceptors (Lipinski definition) is 21. The first-order valence-corrected chi connectivity index (χ1v) is 52.3. The number of hydrogen-bond donors (Lipinski definition) is 0. The molecule has 24 rings (SSSR count). The Balaban J connectivity index is 0.000000116. The summed E-state index contributed by atoms with van der Waals surface area (Å²) >= 11 is 0. The van der Waals surface area contributed by atoms with E-state index in [9.17, 15) is 54.3 Å². The highest BCUT2D eigenvalue weighted by Crippen LogP contribution is 2.52. The van der Waals surface area contributed by atoms with E-state index < -0.39 is 24.5 Å². The van der Waals surface area contributed by atoms with Crippen molar-refractivity contribution in [1.82, 2.24) is 97.8 Å². The van der Waals surface area contributed by atoms with E-state index in [1.165, 1.54) is 62.8 Å². The molecule has 4 fully saturated rings. The maximum Gasteiger partial charge on any atom is 0.573 e. The molecule has 4 aromatic carbocycles. The summed E-state index contributed by atoms with van der Waals surface area (Å²) in [5, 5.41) is 37.4. The van der Waals surface area contributed by atoms with Gasteiger partial charge in [-0.2, -0.15) is 54.0 Å². The van der Waals surface area contributed by atoms with E-state index in [0.717, 1.165) is 207 Å². The van der Waals surface area contributed by atoms with Crippen LogP contribution < -0.4 is 24.3 Å². The minimum Gasteiger partial charge on any atom is -0.405 e. The van der Waals surface area contributed by atoms with Crippen molar-refractivity contribution in [2.45, 2.75) is 233 Å². The SMILES string of the molecule is CC(=O)N1CCc2c(c(N3CCCc4cc(-c5cnn(C)c5)c(C(F)(F)F)cc43)nn2C2CCOCC2)C1.CC(=O)N1CCc2c(c(N3CCCc4cc(-c5cnn(C)c5)c(C)cc43)nn2C2CCOCC2)C1.CC(=O)N1CCc2c(c(N3CCCc4cc(-c5cnn(C)c5)c(OC(F)(F)F)cc43)nn2C2CCOCC2)C1.CC(=O)N1CCc2c(c(N3CCc4cc(-c5cnn(C)c5C)c(C(F)F)cc43)nn2C2CCOCC2)C1. The smallest absolute Gasteiger partial charge is 0.405 e. The highest BCUT2D eigenvalue weighted by atomic mass is 19.4. The van der Waals surface area contributed by atoms with Crippen LogP contribution in [0.3, 0.4) is 0 Å². The number of carbonyl (C=O) groups is 4. The van der Waals surface area contributed by atoms with Crippen molar-refractivity contribution in [2.24, 2.45) is 28.2 Å². The molecule has 0 N–H and O–H groups in total. The van der Waals surface area contributed by atoms with E-state index in [2.05, 4.69) is 78.9 Å². The second kappa shape index (κ2) is 41.9. The van der Waals surface area contributed by atoms with Crippen LogP contribution in [0.2, 0.25) is 0 Å². The van der Waals surface area contributed by atoms with Gasteiger partial charge in [0.25, 0.3) is 6.43 Å². The van der Waals surface area contributed by atoms with E-state index in [-0.39, 0.29) is 58.6 Å². The van der Waals surface area contributed by atoms with Gasteiger partial charge in [0.15, 0.2) is 23.3 Å². The number of anilines is 8. The molecule has 8 aromatic heterocycles. The fourth-order valence-electron chi connectivity index (χ4n) is 24.0. The van der Waals surface area contributed by atoms with Gasteiger partial charge in [0.2, 0.25) is 23.6 Å². The lowest BCUT2D eigenvalue weighted by Gasteiger charge is -2.33. The predicted molar refractivity (Wildman–Crippen MR) is 542 cm³/mol. The van der Waals surface area contributed by atoms with Crippen LogP contribution in [0.25, 0.3) is 44.5 Å². The second-order valence-corrected chi connectivity index (χ2v) is 41.3. The zero-order valence-electron chi connectivity index (χ0n) is 86.1. The van der Waals surface area contributed by atoms with Crippen LogP contribution in [0.4, 0.5) is 81.1 Å². The number of amides is 4. The van der Waals surface area contributed by atoms with Crippen LogP contribution in [0.1, 0.15) is 219 Å². The molecule has 0 radical (unpaired) electrons. The number of halogens is 8. The van der Waals surface area contributed by atoms with Crippen molar-refractivity contribution in [3.05, 3.63) is 182 Å². The van der Waals surface area contributed by atoms with Crippen molar-refractivity contribution >= 4 is 69.6 Å². The molecule has 149 heavy (non-hydrogen) atoms. The number of benzene rings is 4. The molecule has 12 aliphatic rings. The van der Waals surface area contributed by atoms with Gasteiger partial charge in [-0.1, -0.05) is 0 Å². The number of carbonyl (C=O) groups excluding carboxylic acids is 4. The maximum absolute atomic E-state index is 14.4. The quantitative estimate of drug-likeness (QED) is 0.0914. The van der Waals surface area contributed by atoms with Gasteiger partial charge in [0, 0.05) is 318 Å². The standard InChI is InChI=1S/C27H31F3N6O3.C27H31F3N6O2.C27H32F2N6O2.C27H34N6O2/c1-17(37)34-9-5-23-22(16-34)26(32-36(23)20-6-10-38-11-7-20)35-8-3-4-18-12-21(19-14-31-33(2)15-19)25(13-24(18)35)39-27(28,29)30;1-17(37)34-9-5-24-22(16-34)26(32-36(24)20-6-10-38-11-7-20)35-8-3-4-18-12-21(19-14-31-33(2)15-19)23(13-25(18)35)27(28,29)30;1-16-22(14-30-32(16)3)20-12-18-4-9-34(25(18)13-21(20)26(28)29)27-23-15-33(17(2)36)8-5-24(23)35(31-27)19-6-10-37-11-7-19;1-18-13-26-20(14-23(18)21-15-28-30(3)16-21)5-4-9-32(26)27-24-17-31(19(2)34)10-6-25(24)33(29-27)22-7-11-35-12-8-22/h12-15,20H,3-11,16H2,1-2H3;12-15,20H,3-11,16H2,1-2H3;12-14,19,26H,4-11,15H2,1-3H3;13-16,22H,4-12,17H2,1-3H3. The van der Waals surface area contributed by atoms with Gasteiger partial charge in [-0.05, 0) is 197 Å². The number of fused-ring (bicyclic) bond motifs is 8. The molecule has 12 aromatic rings. The number of aryl methyl sites for hydroxylation is 8. The number of nitrogens with zero attached hydrogens (tertiary/aromatic N) is 24. The molecule has 0 bridgehead atoms. The van der Waals surface area contributed by atoms with E-state index in [0.29, 0.717) is 182 Å². The van der Waals surface area contributed by atoms with Gasteiger partial charge >= 0.3 is 12.5 Å². The average molecular weight is 2060 g/mol. The molecule has 41 heteroatoms. The first kappa shape index (κ1) is 102. The van der Waals surface area contributed by atoms with Crippen molar-refractivity contribution in [1.29, 1.82) is 0 Å². The fraction of sp³-hybridized carbons (Fsp3) is 0.519. The first-order chi connectivity index (χ1) is 71.7. The monoisotopic (exact) mass is 2060 g/mol. The Hall–Kier alpha value is -13.3. The number of ether oxygens (including phenoxy) is 5. The molecule has 0 aliphatic carbocycles. The lowest BCUT2D eigenvalue weighted by atomic mass is 9.92. The zero-order chi connectivity index (χ0) is 104. The minimum atomic E-state index is -4.85. The van der Waals surface area contributed by atoms with Gasteiger partial charge in [-0.3, -0.25) is 56.6 Å². The zero-order valence-corrected chi connectivity index (χ0v) is 86.1. The lowest BCUT2D eigenvalue weighted by molar-refractivity contribution is -0.274. The van der Waals surface area contributed by atoms with Crippen LogP contribution in [0, 0.1) is 13.8 Å². The Labute approximate surface area is 858 Å². The summed E-state index contributed by atoms with van der Waals surface area (Å²) in [6.07, 6.45) is 16.0. The third-order valence-corrected chi connectivity index (χ3v) is 31.9. The summed E-state index contributed by atoms with van der Waals surface area (Å²) in [6.45, 7) is 23.5. The fourth-order valence-corrected chi connectivity index (χ4v) is 24.0. The molecule has 4 amide bonds. The molecule has 0 saturated carbocycles. The summed E-state index contributed by atoms with van der Waals surface area (Å²) in [5.41, 5.74) is 22.7. The maximum atomic E-state index is 14.4. The van der Waals surface area contributed by atoms with Crippen molar-refractivity contribution in [2.75, 3.05) is 125 Å². The van der Waals surface area contributed by atoms with E-state index in [1.54, 1.807) is 97.7 Å². The molecule has 4 saturated heterocycles. The Kier molecular flexibility index (Phi) is 28.6. The van der Waals surface area contributed by atoms with Crippen molar-refractivity contribution < 1.29 is 78.0 Å². The molecule has 12 aliphatic heterocycles. The summed E-state index contributed by atoms with van der Waals surface area (Å²) in [6, 6.07) is 15.4. The van der Waals surface area contributed by atoms with Crippen LogP contribution >= 0.6 is 0 Å². The largest absolute Gasteiger partial charge is 0.573 e. The summed E-state index contributed by atoms with van der Waals surface area (Å²) in [5.74, 6) is 3.07. The van der Waals surface area contributed by atoms with Gasteiger partial charge < -0.3 is 62.9 Å². The van der Waals surface area contributed by atoms with E-state index >= 15 is 0 Å². The van der Waals surface area contributed by atoms with Crippen LogP contribution in [-0.4, -0.2) is 233 Å². The Morgan fingerprint density at radius 1 is 0.369 bits per heavy atom. The molecule has 790 valence electrons. The van der Waals surface area contributed by atoms with Gasteiger partial charge in [0.05, 0.1) is 80.7 Å².